The molecule has 1 unspecified atom stereocenters. The van der Waals surface area contributed by atoms with Crippen LogP contribution in [-0.4, -0.2) is 16.6 Å². The van der Waals surface area contributed by atoms with Gasteiger partial charge in [0.2, 0.25) is 0 Å². The molecule has 2 aromatic rings. The van der Waals surface area contributed by atoms with E-state index in [0.717, 1.165) is 23.4 Å². The molecule has 0 saturated carbocycles. The molecule has 0 bridgehead atoms. The third-order valence-electron chi connectivity index (χ3n) is 2.71. The highest BCUT2D eigenvalue weighted by atomic mass is 16.5. The predicted molar refractivity (Wildman–Crippen MR) is 73.4 cm³/mol. The summed E-state index contributed by atoms with van der Waals surface area (Å²) in [6.45, 7) is 2.78. The summed E-state index contributed by atoms with van der Waals surface area (Å²) in [5.74, 6) is 6.46. The molecule has 0 aliphatic carbocycles. The fraction of sp³-hybridized carbons (Fsp3) is 0.286. The smallest absolute Gasteiger partial charge is 0.119 e. The van der Waals surface area contributed by atoms with Crippen LogP contribution in [0.15, 0.2) is 42.9 Å². The van der Waals surface area contributed by atoms with Crippen LogP contribution in [0, 0.1) is 0 Å². The van der Waals surface area contributed by atoms with Crippen LogP contribution in [0.2, 0.25) is 0 Å². The number of hydrazine groups is 1. The molecular formula is C14H18N4O. The zero-order valence-electron chi connectivity index (χ0n) is 10.9. The fourth-order valence-electron chi connectivity index (χ4n) is 1.82. The normalized spacial score (nSPS) is 12.1. The molecule has 0 aliphatic rings. The number of nitrogens with two attached hydrogens (primary N) is 1. The van der Waals surface area contributed by atoms with E-state index in [1.807, 2.05) is 24.3 Å². The molecule has 5 heteroatoms. The Hall–Kier alpha value is -1.98. The number of benzene rings is 1. The van der Waals surface area contributed by atoms with Crippen molar-refractivity contribution in [3.8, 4) is 5.75 Å². The zero-order chi connectivity index (χ0) is 13.5. The van der Waals surface area contributed by atoms with Gasteiger partial charge in [0.1, 0.15) is 5.75 Å². The Morgan fingerprint density at radius 2 is 2.26 bits per heavy atom. The summed E-state index contributed by atoms with van der Waals surface area (Å²) in [6, 6.07) is 7.64. The van der Waals surface area contributed by atoms with Crippen molar-refractivity contribution in [2.45, 2.75) is 19.4 Å². The lowest BCUT2D eigenvalue weighted by Crippen LogP contribution is -2.29. The summed E-state index contributed by atoms with van der Waals surface area (Å²) in [7, 11) is 0. The molecule has 0 radical (unpaired) electrons. The number of ether oxygens (including phenoxy) is 1. The molecule has 100 valence electrons. The van der Waals surface area contributed by atoms with Crippen LogP contribution in [0.1, 0.15) is 30.6 Å². The van der Waals surface area contributed by atoms with Crippen LogP contribution < -0.4 is 16.0 Å². The van der Waals surface area contributed by atoms with Crippen molar-refractivity contribution >= 4 is 0 Å². The highest BCUT2D eigenvalue weighted by Gasteiger charge is 2.14. The maximum absolute atomic E-state index is 5.63. The summed E-state index contributed by atoms with van der Waals surface area (Å²) in [5, 5.41) is 0. The van der Waals surface area contributed by atoms with Crippen LogP contribution >= 0.6 is 0 Å². The van der Waals surface area contributed by atoms with Crippen molar-refractivity contribution < 1.29 is 4.74 Å². The first-order valence-corrected chi connectivity index (χ1v) is 6.30. The molecule has 0 fully saturated rings. The Balaban J connectivity index is 2.23. The summed E-state index contributed by atoms with van der Waals surface area (Å²) in [4.78, 5) is 8.33. The van der Waals surface area contributed by atoms with Gasteiger partial charge in [0.05, 0.1) is 24.5 Å². The molecule has 19 heavy (non-hydrogen) atoms. The monoisotopic (exact) mass is 258 g/mol. The third kappa shape index (κ3) is 3.49. The Kier molecular flexibility index (Phi) is 4.83. The van der Waals surface area contributed by atoms with Crippen molar-refractivity contribution in [2.75, 3.05) is 6.61 Å². The van der Waals surface area contributed by atoms with Crippen molar-refractivity contribution in [3.63, 3.8) is 0 Å². The average molecular weight is 258 g/mol. The fourth-order valence-corrected chi connectivity index (χ4v) is 1.82. The Bertz CT molecular complexity index is 504. The van der Waals surface area contributed by atoms with Gasteiger partial charge in [-0.15, -0.1) is 0 Å². The van der Waals surface area contributed by atoms with E-state index in [0.29, 0.717) is 6.61 Å². The topological polar surface area (TPSA) is 73.1 Å². The number of nitrogens with zero attached hydrogens (tertiary/aromatic N) is 2. The summed E-state index contributed by atoms with van der Waals surface area (Å²) < 4.78 is 5.62. The lowest BCUT2D eigenvalue weighted by Gasteiger charge is -2.16. The Labute approximate surface area is 112 Å². The van der Waals surface area contributed by atoms with Gasteiger partial charge in [0.25, 0.3) is 0 Å². The number of hydrogen-bond donors (Lipinski definition) is 2. The molecule has 1 atom stereocenters. The van der Waals surface area contributed by atoms with Gasteiger partial charge in [-0.3, -0.25) is 15.8 Å². The van der Waals surface area contributed by atoms with Crippen LogP contribution in [0.5, 0.6) is 5.75 Å². The number of nitrogens with one attached hydrogen (secondary N) is 1. The molecule has 1 aromatic carbocycles. The maximum Gasteiger partial charge on any atom is 0.119 e. The second-order valence-electron chi connectivity index (χ2n) is 4.15. The standard InChI is InChI=1S/C14H18N4O/c1-2-8-19-12-5-3-4-11(9-12)14(18-15)13-10-16-6-7-17-13/h3-7,9-10,14,18H,2,8,15H2,1H3. The maximum atomic E-state index is 5.63. The van der Waals surface area contributed by atoms with Gasteiger partial charge < -0.3 is 4.74 Å². The Morgan fingerprint density at radius 3 is 2.95 bits per heavy atom. The highest BCUT2D eigenvalue weighted by Crippen LogP contribution is 2.23. The van der Waals surface area contributed by atoms with Gasteiger partial charge in [-0.1, -0.05) is 19.1 Å². The first kappa shape index (κ1) is 13.5. The minimum absolute atomic E-state index is 0.195. The van der Waals surface area contributed by atoms with Crippen molar-refractivity contribution in [1.29, 1.82) is 0 Å². The van der Waals surface area contributed by atoms with Gasteiger partial charge in [0.15, 0.2) is 0 Å². The lowest BCUT2D eigenvalue weighted by molar-refractivity contribution is 0.317. The predicted octanol–water partition coefficient (Wildman–Crippen LogP) is 1.82. The first-order valence-electron chi connectivity index (χ1n) is 6.30. The number of hydrogen-bond acceptors (Lipinski definition) is 5. The second-order valence-corrected chi connectivity index (χ2v) is 4.15. The van der Waals surface area contributed by atoms with E-state index in [-0.39, 0.29) is 6.04 Å². The van der Waals surface area contributed by atoms with E-state index in [9.17, 15) is 0 Å². The zero-order valence-corrected chi connectivity index (χ0v) is 10.9. The molecule has 5 nitrogen and oxygen atoms in total. The van der Waals surface area contributed by atoms with Crippen molar-refractivity contribution in [2.24, 2.45) is 5.84 Å². The van der Waals surface area contributed by atoms with Crippen molar-refractivity contribution in [1.82, 2.24) is 15.4 Å². The van der Waals surface area contributed by atoms with Crippen LogP contribution in [0.25, 0.3) is 0 Å². The second kappa shape index (κ2) is 6.82. The van der Waals surface area contributed by atoms with E-state index in [1.54, 1.807) is 18.6 Å². The molecule has 0 spiro atoms. The van der Waals surface area contributed by atoms with Crippen LogP contribution in [-0.2, 0) is 0 Å². The van der Waals surface area contributed by atoms with Gasteiger partial charge in [-0.05, 0) is 24.1 Å². The molecule has 0 amide bonds. The van der Waals surface area contributed by atoms with Gasteiger partial charge in [-0.2, -0.15) is 0 Å². The first-order chi connectivity index (χ1) is 9.35. The summed E-state index contributed by atoms with van der Waals surface area (Å²) >= 11 is 0. The molecule has 3 N–H and O–H groups in total. The van der Waals surface area contributed by atoms with E-state index in [2.05, 4.69) is 22.3 Å². The molecular weight excluding hydrogens is 240 g/mol. The third-order valence-corrected chi connectivity index (χ3v) is 2.71. The molecule has 1 aromatic heterocycles. The minimum atomic E-state index is -0.195. The van der Waals surface area contributed by atoms with E-state index in [4.69, 9.17) is 10.6 Å². The quantitative estimate of drug-likeness (QED) is 0.610. The molecule has 0 aliphatic heterocycles. The SMILES string of the molecule is CCCOc1cccc(C(NN)c2cnccn2)c1. The lowest BCUT2D eigenvalue weighted by atomic mass is 10.0. The average Bonchev–Trinajstić information content (AvgIpc) is 2.47. The summed E-state index contributed by atoms with van der Waals surface area (Å²) in [6.07, 6.45) is 5.96. The van der Waals surface area contributed by atoms with E-state index < -0.39 is 0 Å². The largest absolute Gasteiger partial charge is 0.494 e. The van der Waals surface area contributed by atoms with Gasteiger partial charge in [-0.25, -0.2) is 5.43 Å². The molecule has 0 saturated heterocycles. The van der Waals surface area contributed by atoms with E-state index >= 15 is 0 Å². The minimum Gasteiger partial charge on any atom is -0.494 e. The van der Waals surface area contributed by atoms with Gasteiger partial charge >= 0.3 is 0 Å². The van der Waals surface area contributed by atoms with Crippen molar-refractivity contribution in [3.05, 3.63) is 54.1 Å². The van der Waals surface area contributed by atoms with E-state index in [1.165, 1.54) is 0 Å². The van der Waals surface area contributed by atoms with Crippen LogP contribution in [0.3, 0.4) is 0 Å². The van der Waals surface area contributed by atoms with Crippen LogP contribution in [0.4, 0.5) is 0 Å². The number of rotatable bonds is 6. The van der Waals surface area contributed by atoms with Gasteiger partial charge in [0, 0.05) is 12.4 Å². The summed E-state index contributed by atoms with van der Waals surface area (Å²) in [5.41, 5.74) is 4.53. The molecule has 2 rings (SSSR count). The molecule has 1 heterocycles. The number of aromatic nitrogens is 2. The Morgan fingerprint density at radius 1 is 1.37 bits per heavy atom. The highest BCUT2D eigenvalue weighted by molar-refractivity contribution is 5.34.